The van der Waals surface area contributed by atoms with Gasteiger partial charge in [0, 0.05) is 11.3 Å². The number of imidazole rings is 1. The lowest BCUT2D eigenvalue weighted by atomic mass is 10.1. The fraction of sp³-hybridized carbons (Fsp3) is 0.138. The van der Waals surface area contributed by atoms with E-state index in [1.165, 1.54) is 18.3 Å². The number of carbonyl (C=O) groups is 1. The molecule has 7 rings (SSSR count). The van der Waals surface area contributed by atoms with Crippen molar-refractivity contribution >= 4 is 37.7 Å². The molecule has 8 nitrogen and oxygen atoms in total. The molecule has 3 aromatic heterocycles. The molecule has 9 heteroatoms. The van der Waals surface area contributed by atoms with Crippen LogP contribution in [0.1, 0.15) is 46.3 Å². The van der Waals surface area contributed by atoms with Gasteiger partial charge in [-0.1, -0.05) is 36.4 Å². The Morgan fingerprint density at radius 2 is 1.74 bits per heavy atom. The van der Waals surface area contributed by atoms with Crippen molar-refractivity contribution in [1.82, 2.24) is 23.7 Å². The van der Waals surface area contributed by atoms with E-state index < -0.39 is 15.8 Å². The van der Waals surface area contributed by atoms with Gasteiger partial charge in [-0.15, -0.1) is 0 Å². The molecule has 0 atom stereocenters. The summed E-state index contributed by atoms with van der Waals surface area (Å²) in [6, 6.07) is 22.7. The molecular weight excluding hydrogens is 498 g/mol. The standard InChI is InChI=1S/C29H23N5O3S/c1-18-23(17-30-33(18)21-13-14-24-25(16-21)32-29(31-24)19-11-12-19)28(35)27-15-20-7-5-6-10-26(20)34(27)38(36,37)22-8-3-2-4-9-22/h2-10,13-17,19H,11-12H2,1H3,(H,31,32). The number of ketones is 1. The maximum Gasteiger partial charge on any atom is 0.268 e. The third kappa shape index (κ3) is 3.50. The van der Waals surface area contributed by atoms with Crippen molar-refractivity contribution in [2.75, 3.05) is 0 Å². The zero-order chi connectivity index (χ0) is 26.0. The molecule has 38 heavy (non-hydrogen) atoms. The SMILES string of the molecule is Cc1c(C(=O)c2cc3ccccc3n2S(=O)(=O)c2ccccc2)cnn1-c1ccc2nc(C3CC3)[nH]c2c1. The molecule has 0 radical (unpaired) electrons. The molecule has 188 valence electrons. The van der Waals surface area contributed by atoms with Crippen molar-refractivity contribution in [3.8, 4) is 5.69 Å². The van der Waals surface area contributed by atoms with E-state index in [2.05, 4.69) is 15.1 Å². The van der Waals surface area contributed by atoms with Crippen LogP contribution in [0.15, 0.2) is 90.0 Å². The number of nitrogens with zero attached hydrogens (tertiary/aromatic N) is 4. The van der Waals surface area contributed by atoms with Crippen LogP contribution >= 0.6 is 0 Å². The zero-order valence-electron chi connectivity index (χ0n) is 20.5. The summed E-state index contributed by atoms with van der Waals surface area (Å²) < 4.78 is 30.3. The maximum atomic E-state index is 13.9. The van der Waals surface area contributed by atoms with Crippen molar-refractivity contribution in [3.63, 3.8) is 0 Å². The quantitative estimate of drug-likeness (QED) is 0.297. The highest BCUT2D eigenvalue weighted by atomic mass is 32.2. The Kier molecular flexibility index (Phi) is 4.93. The monoisotopic (exact) mass is 521 g/mol. The van der Waals surface area contributed by atoms with Crippen LogP contribution < -0.4 is 0 Å². The van der Waals surface area contributed by atoms with Gasteiger partial charge in [0.25, 0.3) is 10.0 Å². The number of H-pyrrole nitrogens is 1. The van der Waals surface area contributed by atoms with E-state index in [0.29, 0.717) is 28.1 Å². The van der Waals surface area contributed by atoms with Gasteiger partial charge < -0.3 is 4.98 Å². The second-order valence-electron chi connectivity index (χ2n) is 9.65. The summed E-state index contributed by atoms with van der Waals surface area (Å²) in [5, 5.41) is 5.16. The summed E-state index contributed by atoms with van der Waals surface area (Å²) in [5.74, 6) is 1.11. The summed E-state index contributed by atoms with van der Waals surface area (Å²) in [7, 11) is -4.03. The van der Waals surface area contributed by atoms with E-state index in [-0.39, 0.29) is 10.6 Å². The second kappa shape index (κ2) is 8.26. The Balaban J connectivity index is 1.33. The number of hydrogen-bond acceptors (Lipinski definition) is 5. The summed E-state index contributed by atoms with van der Waals surface area (Å²) >= 11 is 0. The van der Waals surface area contributed by atoms with Crippen LogP contribution in [-0.4, -0.2) is 37.9 Å². The van der Waals surface area contributed by atoms with Crippen LogP contribution in [0.25, 0.3) is 27.6 Å². The number of para-hydroxylation sites is 1. The van der Waals surface area contributed by atoms with Crippen LogP contribution in [0.5, 0.6) is 0 Å². The van der Waals surface area contributed by atoms with Gasteiger partial charge in [0.2, 0.25) is 5.78 Å². The van der Waals surface area contributed by atoms with E-state index in [1.54, 1.807) is 47.1 Å². The van der Waals surface area contributed by atoms with E-state index in [4.69, 9.17) is 0 Å². The number of fused-ring (bicyclic) bond motifs is 2. The Bertz CT molecular complexity index is 1980. The van der Waals surface area contributed by atoms with Gasteiger partial charge >= 0.3 is 0 Å². The summed E-state index contributed by atoms with van der Waals surface area (Å²) in [4.78, 5) is 22.1. The third-order valence-electron chi connectivity index (χ3n) is 7.13. The predicted molar refractivity (Wildman–Crippen MR) is 144 cm³/mol. The minimum absolute atomic E-state index is 0.0656. The first-order valence-corrected chi connectivity index (χ1v) is 13.9. The lowest BCUT2D eigenvalue weighted by molar-refractivity contribution is 0.103. The van der Waals surface area contributed by atoms with Crippen molar-refractivity contribution in [2.24, 2.45) is 0 Å². The first-order chi connectivity index (χ1) is 18.4. The summed E-state index contributed by atoms with van der Waals surface area (Å²) in [6.07, 6.45) is 3.82. The molecule has 1 fully saturated rings. The number of hydrogen-bond donors (Lipinski definition) is 1. The number of nitrogens with one attached hydrogen (secondary N) is 1. The molecule has 1 aliphatic carbocycles. The average Bonchev–Trinajstić information content (AvgIpc) is 3.40. The number of aromatic amines is 1. The molecule has 6 aromatic rings. The minimum Gasteiger partial charge on any atom is -0.342 e. The largest absolute Gasteiger partial charge is 0.342 e. The van der Waals surface area contributed by atoms with E-state index in [0.717, 1.165) is 39.4 Å². The number of carbonyl (C=O) groups excluding carboxylic acids is 1. The highest BCUT2D eigenvalue weighted by Crippen LogP contribution is 2.39. The topological polar surface area (TPSA) is 103 Å². The maximum absolute atomic E-state index is 13.9. The van der Waals surface area contributed by atoms with Crippen LogP contribution in [0.4, 0.5) is 0 Å². The lowest BCUT2D eigenvalue weighted by Gasteiger charge is -2.11. The molecule has 0 bridgehead atoms. The molecular formula is C29H23N5O3S. The molecule has 0 spiro atoms. The Morgan fingerprint density at radius 1 is 0.974 bits per heavy atom. The van der Waals surface area contributed by atoms with E-state index >= 15 is 0 Å². The van der Waals surface area contributed by atoms with Gasteiger partial charge in [-0.05, 0) is 62.2 Å². The molecule has 0 amide bonds. The molecule has 1 saturated carbocycles. The second-order valence-corrected chi connectivity index (χ2v) is 11.4. The van der Waals surface area contributed by atoms with Crippen LogP contribution in [0.3, 0.4) is 0 Å². The van der Waals surface area contributed by atoms with Gasteiger partial charge in [-0.2, -0.15) is 5.10 Å². The smallest absolute Gasteiger partial charge is 0.268 e. The minimum atomic E-state index is -4.03. The average molecular weight is 522 g/mol. The number of aromatic nitrogens is 5. The van der Waals surface area contributed by atoms with E-state index in [9.17, 15) is 13.2 Å². The van der Waals surface area contributed by atoms with Crippen LogP contribution in [0.2, 0.25) is 0 Å². The number of benzene rings is 3. The van der Waals surface area contributed by atoms with E-state index in [1.807, 2.05) is 31.2 Å². The molecule has 0 unspecified atom stereocenters. The molecule has 0 saturated heterocycles. The highest BCUT2D eigenvalue weighted by molar-refractivity contribution is 7.90. The Labute approximate surface area is 218 Å². The summed E-state index contributed by atoms with van der Waals surface area (Å²) in [6.45, 7) is 1.81. The molecule has 3 heterocycles. The van der Waals surface area contributed by atoms with Gasteiger partial charge in [-0.3, -0.25) is 4.79 Å². The van der Waals surface area contributed by atoms with Crippen LogP contribution in [-0.2, 0) is 10.0 Å². The molecule has 0 aliphatic heterocycles. The number of rotatable bonds is 6. The Hall–Kier alpha value is -4.50. The molecule has 1 aliphatic rings. The third-order valence-corrected chi connectivity index (χ3v) is 8.87. The van der Waals surface area contributed by atoms with Crippen molar-refractivity contribution in [1.29, 1.82) is 0 Å². The predicted octanol–water partition coefficient (Wildman–Crippen LogP) is 5.36. The van der Waals surface area contributed by atoms with Crippen molar-refractivity contribution in [3.05, 3.63) is 108 Å². The van der Waals surface area contributed by atoms with Crippen molar-refractivity contribution < 1.29 is 13.2 Å². The first-order valence-electron chi connectivity index (χ1n) is 12.4. The molecule has 3 aromatic carbocycles. The molecule has 1 N–H and O–H groups in total. The normalized spacial score (nSPS) is 13.9. The van der Waals surface area contributed by atoms with Crippen LogP contribution in [0, 0.1) is 6.92 Å². The fourth-order valence-corrected chi connectivity index (χ4v) is 6.51. The van der Waals surface area contributed by atoms with Gasteiger partial charge in [0.15, 0.2) is 0 Å². The van der Waals surface area contributed by atoms with Gasteiger partial charge in [0.05, 0.1) is 44.6 Å². The summed E-state index contributed by atoms with van der Waals surface area (Å²) in [5.41, 5.74) is 4.06. The zero-order valence-corrected chi connectivity index (χ0v) is 21.3. The lowest BCUT2D eigenvalue weighted by Crippen LogP contribution is -2.19. The fourth-order valence-electron chi connectivity index (χ4n) is 4.97. The van der Waals surface area contributed by atoms with Gasteiger partial charge in [0.1, 0.15) is 11.5 Å². The Morgan fingerprint density at radius 3 is 2.53 bits per heavy atom. The first kappa shape index (κ1) is 22.7. The van der Waals surface area contributed by atoms with Gasteiger partial charge in [-0.25, -0.2) is 22.1 Å². The van der Waals surface area contributed by atoms with Crippen molar-refractivity contribution in [2.45, 2.75) is 30.6 Å². The highest BCUT2D eigenvalue weighted by Gasteiger charge is 2.29.